The summed E-state index contributed by atoms with van der Waals surface area (Å²) in [7, 11) is 0. The molecule has 6 rings (SSSR count). The zero-order valence-corrected chi connectivity index (χ0v) is 16.9. The first-order valence-corrected chi connectivity index (χ1v) is 11.2. The van der Waals surface area contributed by atoms with E-state index in [2.05, 4.69) is 32.2 Å². The van der Waals surface area contributed by atoms with E-state index in [1.165, 1.54) is 32.1 Å². The molecule has 5 aliphatic rings. The molecule has 2 bridgehead atoms. The maximum Gasteiger partial charge on any atom is 0.324 e. The van der Waals surface area contributed by atoms with Gasteiger partial charge < -0.3 is 14.7 Å². The molecule has 152 valence electrons. The average Bonchev–Trinajstić information content (AvgIpc) is 2.94. The summed E-state index contributed by atoms with van der Waals surface area (Å²) >= 11 is 0. The van der Waals surface area contributed by atoms with Crippen LogP contribution in [0.2, 0.25) is 0 Å². The van der Waals surface area contributed by atoms with Gasteiger partial charge in [-0.25, -0.2) is 0 Å². The monoisotopic (exact) mass is 385 g/mol. The number of aromatic nitrogens is 2. The number of rotatable bonds is 4. The summed E-state index contributed by atoms with van der Waals surface area (Å²) in [6.45, 7) is 6.32. The third-order valence-corrected chi connectivity index (χ3v) is 8.37. The van der Waals surface area contributed by atoms with Crippen LogP contribution in [0.4, 0.5) is 6.01 Å². The number of anilines is 1. The van der Waals surface area contributed by atoms with E-state index in [0.29, 0.717) is 41.9 Å². The molecule has 4 heterocycles. The zero-order valence-electron chi connectivity index (χ0n) is 16.9. The van der Waals surface area contributed by atoms with Crippen molar-refractivity contribution in [3.05, 3.63) is 5.82 Å². The quantitative estimate of drug-likeness (QED) is 0.856. The fourth-order valence-corrected chi connectivity index (χ4v) is 6.61. The lowest BCUT2D eigenvalue weighted by molar-refractivity contribution is -0.126. The van der Waals surface area contributed by atoms with Crippen molar-refractivity contribution in [3.63, 3.8) is 0 Å². The molecule has 1 N–H and O–H groups in total. The normalized spacial score (nSPS) is 40.9. The number of amides is 1. The Morgan fingerprint density at radius 3 is 2.36 bits per heavy atom. The fraction of sp³-hybridized carbons (Fsp3) is 0.857. The summed E-state index contributed by atoms with van der Waals surface area (Å²) in [5.41, 5.74) is 0.0901. The van der Waals surface area contributed by atoms with Gasteiger partial charge in [-0.05, 0) is 70.6 Å². The van der Waals surface area contributed by atoms with Gasteiger partial charge in [0.25, 0.3) is 0 Å². The Bertz CT molecular complexity index is 764. The van der Waals surface area contributed by atoms with Gasteiger partial charge in [0.1, 0.15) is 0 Å². The van der Waals surface area contributed by atoms with Gasteiger partial charge >= 0.3 is 6.01 Å². The molecule has 3 saturated heterocycles. The number of hydrogen-bond donors (Lipinski definition) is 1. The minimum absolute atomic E-state index is 0.0901. The molecule has 0 radical (unpaired) electrons. The van der Waals surface area contributed by atoms with Gasteiger partial charge in [0.2, 0.25) is 5.91 Å². The number of nitrogens with zero attached hydrogens (tertiary/aromatic N) is 4. The third kappa shape index (κ3) is 2.61. The van der Waals surface area contributed by atoms with E-state index in [1.54, 1.807) is 0 Å². The maximum absolute atomic E-state index is 12.7. The predicted octanol–water partition coefficient (Wildman–Crippen LogP) is 2.11. The van der Waals surface area contributed by atoms with E-state index in [0.717, 1.165) is 31.8 Å². The Labute approximate surface area is 166 Å². The number of hydrogen-bond acceptors (Lipinski definition) is 6. The minimum atomic E-state index is 0.0901. The Kier molecular flexibility index (Phi) is 3.66. The average molecular weight is 386 g/mol. The largest absolute Gasteiger partial charge is 0.351 e. The van der Waals surface area contributed by atoms with Gasteiger partial charge in [-0.3, -0.25) is 9.69 Å². The molecule has 1 aromatic rings. The summed E-state index contributed by atoms with van der Waals surface area (Å²) in [4.78, 5) is 22.2. The van der Waals surface area contributed by atoms with E-state index in [1.807, 2.05) is 6.92 Å². The maximum atomic E-state index is 12.7. The Morgan fingerprint density at radius 1 is 1.14 bits per heavy atom. The van der Waals surface area contributed by atoms with Crippen LogP contribution in [0, 0.1) is 24.7 Å². The summed E-state index contributed by atoms with van der Waals surface area (Å²) in [6.07, 6.45) is 8.38. The topological polar surface area (TPSA) is 74.5 Å². The Morgan fingerprint density at radius 2 is 1.82 bits per heavy atom. The summed E-state index contributed by atoms with van der Waals surface area (Å²) in [5, 5.41) is 7.33. The van der Waals surface area contributed by atoms with Crippen molar-refractivity contribution < 1.29 is 9.32 Å². The summed E-state index contributed by atoms with van der Waals surface area (Å²) < 4.78 is 5.47. The second kappa shape index (κ2) is 5.94. The number of nitrogens with one attached hydrogen (secondary N) is 1. The van der Waals surface area contributed by atoms with Crippen LogP contribution in [-0.2, 0) is 4.79 Å². The van der Waals surface area contributed by atoms with Crippen molar-refractivity contribution in [1.29, 1.82) is 0 Å². The van der Waals surface area contributed by atoms with Crippen LogP contribution in [0.25, 0.3) is 0 Å². The fourth-order valence-electron chi connectivity index (χ4n) is 6.61. The molecule has 28 heavy (non-hydrogen) atoms. The molecule has 4 unspecified atom stereocenters. The van der Waals surface area contributed by atoms with Gasteiger partial charge in [-0.2, -0.15) is 4.98 Å². The van der Waals surface area contributed by atoms with Crippen LogP contribution < -0.4 is 10.2 Å². The summed E-state index contributed by atoms with van der Waals surface area (Å²) in [6, 6.07) is 2.42. The van der Waals surface area contributed by atoms with Crippen molar-refractivity contribution in [1.82, 2.24) is 20.4 Å². The smallest absolute Gasteiger partial charge is 0.324 e. The molecule has 7 heteroatoms. The highest BCUT2D eigenvalue weighted by Crippen LogP contribution is 2.54. The molecule has 4 atom stereocenters. The van der Waals surface area contributed by atoms with Crippen LogP contribution in [0.3, 0.4) is 0 Å². The Hall–Kier alpha value is -1.63. The molecule has 0 aromatic carbocycles. The Balaban J connectivity index is 1.06. The first kappa shape index (κ1) is 17.2. The van der Waals surface area contributed by atoms with Gasteiger partial charge in [0.15, 0.2) is 5.82 Å². The number of carbonyl (C=O) groups is 1. The third-order valence-electron chi connectivity index (χ3n) is 8.37. The van der Waals surface area contributed by atoms with Crippen LogP contribution >= 0.6 is 0 Å². The van der Waals surface area contributed by atoms with Gasteiger partial charge in [-0.15, -0.1) is 0 Å². The lowest BCUT2D eigenvalue weighted by atomic mass is 9.78. The van der Waals surface area contributed by atoms with Crippen molar-refractivity contribution in [2.24, 2.45) is 17.8 Å². The van der Waals surface area contributed by atoms with E-state index in [-0.39, 0.29) is 11.5 Å². The molecule has 5 fully saturated rings. The van der Waals surface area contributed by atoms with E-state index in [9.17, 15) is 4.79 Å². The lowest BCUT2D eigenvalue weighted by Crippen LogP contribution is -2.53. The molecule has 2 saturated carbocycles. The number of likely N-dealkylation sites (tertiary alicyclic amines) is 1. The van der Waals surface area contributed by atoms with Gasteiger partial charge in [0.05, 0.1) is 0 Å². The van der Waals surface area contributed by atoms with Crippen molar-refractivity contribution >= 4 is 11.9 Å². The van der Waals surface area contributed by atoms with Crippen LogP contribution in [0.15, 0.2) is 4.52 Å². The predicted molar refractivity (Wildman–Crippen MR) is 104 cm³/mol. The second-order valence-corrected chi connectivity index (χ2v) is 10.3. The molecule has 0 spiro atoms. The first-order chi connectivity index (χ1) is 13.5. The van der Waals surface area contributed by atoms with Crippen LogP contribution in [-0.4, -0.2) is 57.7 Å². The van der Waals surface area contributed by atoms with Gasteiger partial charge in [0, 0.05) is 42.7 Å². The van der Waals surface area contributed by atoms with E-state index < -0.39 is 0 Å². The second-order valence-electron chi connectivity index (χ2n) is 10.3. The molecule has 1 aromatic heterocycles. The minimum Gasteiger partial charge on any atom is -0.351 e. The molecule has 1 amide bonds. The number of fused-ring (bicyclic) bond motifs is 3. The standard InChI is InChI=1S/C21H31N5O2/c1-12-22-20(28-24-12)26-13-4-5-14(26)9-15(8-13)25-10-16-17(11-25)18(16)19(27)23-21(2)6-3-7-21/h13-18H,3-11H2,1-2H3,(H,23,27). The first-order valence-electron chi connectivity index (χ1n) is 11.2. The molecular weight excluding hydrogens is 354 g/mol. The summed E-state index contributed by atoms with van der Waals surface area (Å²) in [5.74, 6) is 2.53. The zero-order chi connectivity index (χ0) is 19.0. The van der Waals surface area contributed by atoms with Crippen molar-refractivity contribution in [2.45, 2.75) is 82.5 Å². The lowest BCUT2D eigenvalue weighted by Gasteiger charge is -2.42. The molecule has 7 nitrogen and oxygen atoms in total. The molecule has 2 aliphatic carbocycles. The number of carbonyl (C=O) groups excluding carboxylic acids is 1. The SMILES string of the molecule is Cc1noc(N2C3CCC2CC(N2CC4C(C2)C4C(=O)NC2(C)CCC2)C3)n1. The van der Waals surface area contributed by atoms with Crippen LogP contribution in [0.5, 0.6) is 0 Å². The van der Waals surface area contributed by atoms with E-state index >= 15 is 0 Å². The van der Waals surface area contributed by atoms with E-state index in [4.69, 9.17) is 4.52 Å². The number of aryl methyl sites for hydroxylation is 1. The van der Waals surface area contributed by atoms with Gasteiger partial charge in [-0.1, -0.05) is 5.16 Å². The van der Waals surface area contributed by atoms with Crippen molar-refractivity contribution in [2.75, 3.05) is 18.0 Å². The number of piperidine rings is 2. The molecule has 3 aliphatic heterocycles. The highest BCUT2D eigenvalue weighted by Gasteiger charge is 2.61. The highest BCUT2D eigenvalue weighted by molar-refractivity contribution is 5.83. The van der Waals surface area contributed by atoms with Crippen LogP contribution in [0.1, 0.15) is 57.7 Å². The highest BCUT2D eigenvalue weighted by atomic mass is 16.5. The van der Waals surface area contributed by atoms with Crippen molar-refractivity contribution in [3.8, 4) is 0 Å². The molecular formula is C21H31N5O2.